The molecular weight excluding hydrogens is 194 g/mol. The molecule has 82 valence electrons. The predicted octanol–water partition coefficient (Wildman–Crippen LogP) is 0.796. The van der Waals surface area contributed by atoms with Gasteiger partial charge in [-0.3, -0.25) is 0 Å². The van der Waals surface area contributed by atoms with Gasteiger partial charge < -0.3 is 14.8 Å². The smallest absolute Gasteiger partial charge is 0.222 e. The van der Waals surface area contributed by atoms with Crippen molar-refractivity contribution in [3.8, 4) is 5.88 Å². The summed E-state index contributed by atoms with van der Waals surface area (Å²) in [6.45, 7) is 3.11. The first-order valence-corrected chi connectivity index (χ1v) is 4.95. The number of aromatic nitrogens is 2. The number of hydrogen-bond acceptors (Lipinski definition) is 5. The van der Waals surface area contributed by atoms with Crippen LogP contribution in [0.4, 0.5) is 0 Å². The van der Waals surface area contributed by atoms with Crippen molar-refractivity contribution in [3.05, 3.63) is 17.1 Å². The lowest BCUT2D eigenvalue weighted by molar-refractivity contribution is 0.132. The zero-order valence-corrected chi connectivity index (χ0v) is 9.20. The number of nitrogens with one attached hydrogen (secondary N) is 1. The molecule has 0 spiro atoms. The van der Waals surface area contributed by atoms with Crippen LogP contribution in [0.25, 0.3) is 0 Å². The lowest BCUT2D eigenvalue weighted by atomic mass is 10.2. The van der Waals surface area contributed by atoms with Crippen LogP contribution < -0.4 is 10.1 Å². The van der Waals surface area contributed by atoms with Crippen LogP contribution in [0, 0.1) is 0 Å². The Morgan fingerprint density at radius 2 is 2.20 bits per heavy atom. The highest BCUT2D eigenvalue weighted by Crippen LogP contribution is 2.27. The molecule has 1 atom stereocenters. The third-order valence-corrected chi connectivity index (χ3v) is 2.57. The summed E-state index contributed by atoms with van der Waals surface area (Å²) in [4.78, 5) is 8.81. The fraction of sp³-hybridized carbons (Fsp3) is 0.600. The first kappa shape index (κ1) is 10.3. The van der Waals surface area contributed by atoms with E-state index in [0.29, 0.717) is 19.1 Å². The zero-order valence-electron chi connectivity index (χ0n) is 9.20. The second kappa shape index (κ2) is 4.12. The van der Waals surface area contributed by atoms with Crippen molar-refractivity contribution >= 4 is 0 Å². The van der Waals surface area contributed by atoms with Crippen molar-refractivity contribution in [3.63, 3.8) is 0 Å². The number of hydrogen-bond donors (Lipinski definition) is 1. The molecule has 0 bridgehead atoms. The summed E-state index contributed by atoms with van der Waals surface area (Å²) < 4.78 is 10.6. The van der Waals surface area contributed by atoms with E-state index in [1.807, 2.05) is 14.0 Å². The van der Waals surface area contributed by atoms with Crippen LogP contribution in [0.3, 0.4) is 0 Å². The van der Waals surface area contributed by atoms with Gasteiger partial charge in [-0.1, -0.05) is 0 Å². The fourth-order valence-electron chi connectivity index (χ4n) is 1.53. The van der Waals surface area contributed by atoms with Crippen LogP contribution in [0.5, 0.6) is 5.88 Å². The Kier molecular flexibility index (Phi) is 2.83. The van der Waals surface area contributed by atoms with Gasteiger partial charge in [-0.15, -0.1) is 0 Å². The van der Waals surface area contributed by atoms with Gasteiger partial charge in [0.25, 0.3) is 0 Å². The van der Waals surface area contributed by atoms with Crippen LogP contribution >= 0.6 is 0 Å². The van der Waals surface area contributed by atoms with E-state index in [-0.39, 0.29) is 6.04 Å². The lowest BCUT2D eigenvalue weighted by Crippen LogP contribution is -2.17. The normalized spacial score (nSPS) is 16.2. The van der Waals surface area contributed by atoms with Gasteiger partial charge in [0.15, 0.2) is 0 Å². The Morgan fingerprint density at radius 1 is 1.40 bits per heavy atom. The van der Waals surface area contributed by atoms with Crippen molar-refractivity contribution in [1.82, 2.24) is 15.3 Å². The second-order valence-electron chi connectivity index (χ2n) is 3.52. The Morgan fingerprint density at radius 3 is 2.87 bits per heavy atom. The van der Waals surface area contributed by atoms with Gasteiger partial charge >= 0.3 is 0 Å². The van der Waals surface area contributed by atoms with E-state index in [1.54, 1.807) is 7.11 Å². The van der Waals surface area contributed by atoms with Gasteiger partial charge in [0.05, 0.1) is 37.6 Å². The molecular formula is C10H15N3O2. The number of rotatable bonds is 3. The highest BCUT2D eigenvalue weighted by molar-refractivity contribution is 5.32. The van der Waals surface area contributed by atoms with Crippen LogP contribution in [0.15, 0.2) is 0 Å². The molecule has 1 aromatic rings. The molecule has 0 radical (unpaired) electrons. The molecule has 0 aliphatic carbocycles. The first-order chi connectivity index (χ1) is 7.26. The summed E-state index contributed by atoms with van der Waals surface area (Å²) in [6, 6.07) is 0.116. The van der Waals surface area contributed by atoms with Gasteiger partial charge in [-0.05, 0) is 14.0 Å². The van der Waals surface area contributed by atoms with E-state index in [9.17, 15) is 0 Å². The summed E-state index contributed by atoms with van der Waals surface area (Å²) in [5.41, 5.74) is 1.92. The molecule has 1 N–H and O–H groups in total. The monoisotopic (exact) mass is 209 g/mol. The average Bonchev–Trinajstić information content (AvgIpc) is 2.74. The van der Waals surface area contributed by atoms with Crippen molar-refractivity contribution in [2.75, 3.05) is 14.2 Å². The Labute approximate surface area is 88.8 Å². The van der Waals surface area contributed by atoms with Gasteiger partial charge in [-0.25, -0.2) is 4.98 Å². The topological polar surface area (TPSA) is 56.3 Å². The third-order valence-electron chi connectivity index (χ3n) is 2.57. The third kappa shape index (κ3) is 1.80. The Hall–Kier alpha value is -1.20. The second-order valence-corrected chi connectivity index (χ2v) is 3.52. The SMILES string of the molecule is CNC(C)c1nc2c(c(OC)n1)COC2. The molecule has 1 aliphatic heterocycles. The maximum Gasteiger partial charge on any atom is 0.222 e. The zero-order chi connectivity index (χ0) is 10.8. The molecule has 15 heavy (non-hydrogen) atoms. The van der Waals surface area contributed by atoms with Crippen molar-refractivity contribution < 1.29 is 9.47 Å². The van der Waals surface area contributed by atoms with Gasteiger partial charge in [0.2, 0.25) is 5.88 Å². The quantitative estimate of drug-likeness (QED) is 0.797. The molecule has 0 aromatic carbocycles. The van der Waals surface area contributed by atoms with Crippen molar-refractivity contribution in [2.45, 2.75) is 26.2 Å². The van der Waals surface area contributed by atoms with E-state index < -0.39 is 0 Å². The van der Waals surface area contributed by atoms with E-state index in [2.05, 4.69) is 15.3 Å². The minimum absolute atomic E-state index is 0.116. The van der Waals surface area contributed by atoms with Crippen LogP contribution in [-0.2, 0) is 18.0 Å². The van der Waals surface area contributed by atoms with E-state index in [0.717, 1.165) is 17.1 Å². The summed E-state index contributed by atoms with van der Waals surface area (Å²) in [7, 11) is 3.50. The Bertz CT molecular complexity index is 368. The maximum atomic E-state index is 5.32. The van der Waals surface area contributed by atoms with E-state index >= 15 is 0 Å². The number of methoxy groups -OCH3 is 1. The van der Waals surface area contributed by atoms with Gasteiger partial charge in [0.1, 0.15) is 5.82 Å². The summed E-state index contributed by atoms with van der Waals surface area (Å²) in [6.07, 6.45) is 0. The molecule has 5 heteroatoms. The minimum atomic E-state index is 0.116. The lowest BCUT2D eigenvalue weighted by Gasteiger charge is -2.12. The van der Waals surface area contributed by atoms with Crippen LogP contribution in [-0.4, -0.2) is 24.1 Å². The predicted molar refractivity (Wildman–Crippen MR) is 54.6 cm³/mol. The maximum absolute atomic E-state index is 5.32. The first-order valence-electron chi connectivity index (χ1n) is 4.95. The highest BCUT2D eigenvalue weighted by Gasteiger charge is 2.21. The average molecular weight is 209 g/mol. The summed E-state index contributed by atoms with van der Waals surface area (Å²) in [5.74, 6) is 1.38. The molecule has 1 aromatic heterocycles. The summed E-state index contributed by atoms with van der Waals surface area (Å²) in [5, 5.41) is 3.10. The van der Waals surface area contributed by atoms with Gasteiger partial charge in [-0.2, -0.15) is 4.98 Å². The van der Waals surface area contributed by atoms with Crippen molar-refractivity contribution in [1.29, 1.82) is 0 Å². The molecule has 0 fully saturated rings. The van der Waals surface area contributed by atoms with Crippen molar-refractivity contribution in [2.24, 2.45) is 0 Å². The van der Waals surface area contributed by atoms with E-state index in [4.69, 9.17) is 9.47 Å². The molecule has 1 unspecified atom stereocenters. The molecule has 0 saturated carbocycles. The molecule has 2 rings (SSSR count). The molecule has 2 heterocycles. The number of ether oxygens (including phenoxy) is 2. The molecule has 0 saturated heterocycles. The molecule has 1 aliphatic rings. The Balaban J connectivity index is 2.43. The highest BCUT2D eigenvalue weighted by atomic mass is 16.5. The minimum Gasteiger partial charge on any atom is -0.481 e. The molecule has 5 nitrogen and oxygen atoms in total. The van der Waals surface area contributed by atoms with E-state index in [1.165, 1.54) is 0 Å². The fourth-order valence-corrected chi connectivity index (χ4v) is 1.53. The molecule has 0 amide bonds. The standard InChI is InChI=1S/C10H15N3O2/c1-6(11-2)9-12-8-5-15-4-7(8)10(13-9)14-3/h6,11H,4-5H2,1-3H3. The number of fused-ring (bicyclic) bond motifs is 1. The summed E-state index contributed by atoms with van der Waals surface area (Å²) >= 11 is 0. The van der Waals surface area contributed by atoms with Crippen LogP contribution in [0.2, 0.25) is 0 Å². The van der Waals surface area contributed by atoms with Crippen LogP contribution in [0.1, 0.15) is 30.0 Å². The van der Waals surface area contributed by atoms with Gasteiger partial charge in [0, 0.05) is 0 Å². The largest absolute Gasteiger partial charge is 0.481 e. The number of nitrogens with zero attached hydrogens (tertiary/aromatic N) is 2.